The number of nitrogens with one attached hydrogen (secondary N) is 1. The van der Waals surface area contributed by atoms with Gasteiger partial charge in [-0.15, -0.1) is 0 Å². The highest BCUT2D eigenvalue weighted by Crippen LogP contribution is 2.36. The molecular formula is C19H17N3O6. The van der Waals surface area contributed by atoms with Crippen molar-refractivity contribution >= 4 is 29.6 Å². The minimum atomic E-state index is -0.841. The fraction of sp³-hybridized carbons (Fsp3) is 0.158. The molecule has 1 fully saturated rings. The van der Waals surface area contributed by atoms with E-state index in [9.17, 15) is 14.4 Å². The van der Waals surface area contributed by atoms with E-state index in [1.54, 1.807) is 12.1 Å². The molecule has 28 heavy (non-hydrogen) atoms. The minimum absolute atomic E-state index is 0.252. The van der Waals surface area contributed by atoms with E-state index in [0.29, 0.717) is 22.8 Å². The van der Waals surface area contributed by atoms with Gasteiger partial charge < -0.3 is 14.2 Å². The van der Waals surface area contributed by atoms with E-state index >= 15 is 0 Å². The van der Waals surface area contributed by atoms with Crippen LogP contribution < -0.4 is 24.4 Å². The van der Waals surface area contributed by atoms with Gasteiger partial charge in [0.05, 0.1) is 32.6 Å². The number of rotatable bonds is 5. The molecule has 1 N–H and O–H groups in total. The third-order valence-corrected chi connectivity index (χ3v) is 4.06. The van der Waals surface area contributed by atoms with Crippen LogP contribution in [-0.4, -0.2) is 44.2 Å². The maximum Gasteiger partial charge on any atom is 0.335 e. The highest BCUT2D eigenvalue weighted by atomic mass is 16.5. The fourth-order valence-electron chi connectivity index (χ4n) is 2.70. The average Bonchev–Trinajstić information content (AvgIpc) is 2.71. The van der Waals surface area contributed by atoms with E-state index in [0.717, 1.165) is 4.90 Å². The first-order valence-electron chi connectivity index (χ1n) is 8.11. The lowest BCUT2D eigenvalue weighted by Gasteiger charge is -2.26. The van der Waals surface area contributed by atoms with Crippen LogP contribution in [0.4, 0.5) is 10.5 Å². The molecule has 1 aliphatic rings. The van der Waals surface area contributed by atoms with Gasteiger partial charge in [0.1, 0.15) is 22.8 Å². The summed E-state index contributed by atoms with van der Waals surface area (Å²) < 4.78 is 15.9. The molecule has 2 aromatic rings. The van der Waals surface area contributed by atoms with Crippen molar-refractivity contribution in [3.05, 3.63) is 47.8 Å². The Kier molecular flexibility index (Phi) is 5.25. The Labute approximate surface area is 160 Å². The number of methoxy groups -OCH3 is 3. The molecule has 1 saturated heterocycles. The SMILES string of the molecule is COc1cc(OC)c(/C=C2\C(=O)NC(=O)N(c3ccncc3)C2=O)c(OC)c1. The summed E-state index contributed by atoms with van der Waals surface area (Å²) in [6.45, 7) is 0. The third-order valence-electron chi connectivity index (χ3n) is 4.06. The van der Waals surface area contributed by atoms with E-state index in [1.165, 1.54) is 51.9 Å². The number of carbonyl (C=O) groups is 3. The van der Waals surface area contributed by atoms with Crippen LogP contribution in [-0.2, 0) is 9.59 Å². The standard InChI is InChI=1S/C19H17N3O6/c1-26-12-8-15(27-2)13(16(9-12)28-3)10-14-17(23)21-19(25)22(18(14)24)11-4-6-20-7-5-11/h4-10H,1-3H3,(H,21,23,25)/b14-10+. The highest BCUT2D eigenvalue weighted by Gasteiger charge is 2.37. The van der Waals surface area contributed by atoms with Crippen LogP contribution in [0.5, 0.6) is 17.2 Å². The molecule has 0 spiro atoms. The van der Waals surface area contributed by atoms with Gasteiger partial charge in [-0.05, 0) is 18.2 Å². The van der Waals surface area contributed by atoms with Crippen molar-refractivity contribution in [3.8, 4) is 17.2 Å². The van der Waals surface area contributed by atoms with Crippen molar-refractivity contribution in [2.24, 2.45) is 0 Å². The fourth-order valence-corrected chi connectivity index (χ4v) is 2.70. The Balaban J connectivity index is 2.12. The molecule has 0 aliphatic carbocycles. The summed E-state index contributed by atoms with van der Waals surface area (Å²) in [7, 11) is 4.36. The summed E-state index contributed by atoms with van der Waals surface area (Å²) in [6.07, 6.45) is 4.19. The van der Waals surface area contributed by atoms with Gasteiger partial charge >= 0.3 is 6.03 Å². The molecule has 1 aromatic carbocycles. The second-order valence-electron chi connectivity index (χ2n) is 5.61. The van der Waals surface area contributed by atoms with Gasteiger partial charge in [-0.2, -0.15) is 0 Å². The second-order valence-corrected chi connectivity index (χ2v) is 5.61. The summed E-state index contributed by atoms with van der Waals surface area (Å²) in [5.41, 5.74) is 0.385. The van der Waals surface area contributed by atoms with E-state index in [-0.39, 0.29) is 11.3 Å². The largest absolute Gasteiger partial charge is 0.496 e. The molecule has 0 saturated carbocycles. The molecule has 144 valence electrons. The first-order valence-corrected chi connectivity index (χ1v) is 8.11. The molecule has 0 radical (unpaired) electrons. The molecule has 4 amide bonds. The normalized spacial score (nSPS) is 15.5. The zero-order valence-corrected chi connectivity index (χ0v) is 15.4. The number of urea groups is 1. The Hall–Kier alpha value is -3.88. The van der Waals surface area contributed by atoms with Crippen LogP contribution in [0.25, 0.3) is 6.08 Å². The number of anilines is 1. The van der Waals surface area contributed by atoms with Crippen molar-refractivity contribution < 1.29 is 28.6 Å². The summed E-state index contributed by atoms with van der Waals surface area (Å²) in [6, 6.07) is 5.31. The van der Waals surface area contributed by atoms with Gasteiger partial charge in [-0.1, -0.05) is 0 Å². The Morgan fingerprint density at radius 2 is 1.57 bits per heavy atom. The van der Waals surface area contributed by atoms with E-state index in [4.69, 9.17) is 14.2 Å². The maximum atomic E-state index is 12.9. The van der Waals surface area contributed by atoms with Crippen molar-refractivity contribution in [1.82, 2.24) is 10.3 Å². The highest BCUT2D eigenvalue weighted by molar-refractivity contribution is 6.39. The molecule has 3 rings (SSSR count). The van der Waals surface area contributed by atoms with Crippen LogP contribution in [0.2, 0.25) is 0 Å². The number of hydrogen-bond acceptors (Lipinski definition) is 7. The quantitative estimate of drug-likeness (QED) is 0.619. The van der Waals surface area contributed by atoms with Gasteiger partial charge in [0.2, 0.25) is 0 Å². The molecule has 9 heteroatoms. The van der Waals surface area contributed by atoms with Crippen molar-refractivity contribution in [2.75, 3.05) is 26.2 Å². The zero-order chi connectivity index (χ0) is 20.3. The molecule has 1 aliphatic heterocycles. The van der Waals surface area contributed by atoms with Crippen molar-refractivity contribution in [2.45, 2.75) is 0 Å². The monoisotopic (exact) mass is 383 g/mol. The van der Waals surface area contributed by atoms with Gasteiger partial charge in [0.25, 0.3) is 11.8 Å². The number of aromatic nitrogens is 1. The van der Waals surface area contributed by atoms with Gasteiger partial charge in [0, 0.05) is 24.5 Å². The van der Waals surface area contributed by atoms with E-state index in [2.05, 4.69) is 10.3 Å². The molecule has 0 atom stereocenters. The van der Waals surface area contributed by atoms with E-state index < -0.39 is 17.8 Å². The van der Waals surface area contributed by atoms with E-state index in [1.807, 2.05) is 0 Å². The summed E-state index contributed by atoms with van der Waals surface area (Å²) >= 11 is 0. The van der Waals surface area contributed by atoms with Crippen LogP contribution in [0.3, 0.4) is 0 Å². The predicted octanol–water partition coefficient (Wildman–Crippen LogP) is 1.77. The number of amides is 4. The smallest absolute Gasteiger partial charge is 0.335 e. The summed E-state index contributed by atoms with van der Waals surface area (Å²) in [4.78, 5) is 42.2. The minimum Gasteiger partial charge on any atom is -0.496 e. The first-order chi connectivity index (χ1) is 13.5. The Morgan fingerprint density at radius 3 is 2.11 bits per heavy atom. The number of benzene rings is 1. The number of imide groups is 2. The Morgan fingerprint density at radius 1 is 0.964 bits per heavy atom. The van der Waals surface area contributed by atoms with Gasteiger partial charge in [-0.25, -0.2) is 9.69 Å². The molecule has 2 heterocycles. The van der Waals surface area contributed by atoms with Gasteiger partial charge in [-0.3, -0.25) is 19.9 Å². The molecular weight excluding hydrogens is 366 g/mol. The topological polar surface area (TPSA) is 107 Å². The lowest BCUT2D eigenvalue weighted by molar-refractivity contribution is -0.122. The summed E-state index contributed by atoms with van der Waals surface area (Å²) in [5.74, 6) is -0.461. The molecule has 0 bridgehead atoms. The number of nitrogens with zero attached hydrogens (tertiary/aromatic N) is 2. The number of pyridine rings is 1. The number of barbiturate groups is 1. The number of hydrogen-bond donors (Lipinski definition) is 1. The van der Waals surface area contributed by atoms with Crippen molar-refractivity contribution in [1.29, 1.82) is 0 Å². The van der Waals surface area contributed by atoms with Crippen LogP contribution in [0, 0.1) is 0 Å². The van der Waals surface area contributed by atoms with Gasteiger partial charge in [0.15, 0.2) is 0 Å². The lowest BCUT2D eigenvalue weighted by Crippen LogP contribution is -2.54. The Bertz CT molecular complexity index is 946. The molecule has 9 nitrogen and oxygen atoms in total. The maximum absolute atomic E-state index is 12.9. The first kappa shape index (κ1) is 18.9. The average molecular weight is 383 g/mol. The third kappa shape index (κ3) is 3.37. The number of ether oxygens (including phenoxy) is 3. The zero-order valence-electron chi connectivity index (χ0n) is 15.4. The van der Waals surface area contributed by atoms with Crippen LogP contribution in [0.1, 0.15) is 5.56 Å². The molecule has 0 unspecified atom stereocenters. The summed E-state index contributed by atoms with van der Waals surface area (Å²) in [5, 5.41) is 2.16. The second kappa shape index (κ2) is 7.78. The number of carbonyl (C=O) groups excluding carboxylic acids is 3. The van der Waals surface area contributed by atoms with Crippen LogP contribution >= 0.6 is 0 Å². The van der Waals surface area contributed by atoms with Crippen molar-refractivity contribution in [3.63, 3.8) is 0 Å². The lowest BCUT2D eigenvalue weighted by atomic mass is 10.0. The molecule has 1 aromatic heterocycles. The van der Waals surface area contributed by atoms with Crippen LogP contribution in [0.15, 0.2) is 42.2 Å². The predicted molar refractivity (Wildman–Crippen MR) is 99.3 cm³/mol.